The van der Waals surface area contributed by atoms with E-state index in [0.29, 0.717) is 19.6 Å². The second-order valence-electron chi connectivity index (χ2n) is 5.50. The SMILES string of the molecule is [NH]C(=O)N1CCNCC1C(=O)Cc1cccc2ccccc12. The van der Waals surface area contributed by atoms with E-state index in [4.69, 9.17) is 5.73 Å². The number of hydrogen-bond donors (Lipinski definition) is 1. The number of nitrogens with one attached hydrogen (secondary N) is 2. The molecule has 2 N–H and O–H groups in total. The predicted octanol–water partition coefficient (Wildman–Crippen LogP) is 1.63. The first kappa shape index (κ1) is 14.5. The van der Waals surface area contributed by atoms with Crippen LogP contribution in [-0.2, 0) is 11.2 Å². The minimum absolute atomic E-state index is 0.0239. The molecule has 1 aliphatic heterocycles. The maximum Gasteiger partial charge on any atom is 0.336 e. The standard InChI is InChI=1S/C17H18N3O2/c18-17(22)20-9-8-19-11-15(20)16(21)10-13-6-3-5-12-4-1-2-7-14(12)13/h1-7,15,18-19H,8-11H2. The van der Waals surface area contributed by atoms with Gasteiger partial charge in [0.25, 0.3) is 0 Å². The molecule has 0 aromatic heterocycles. The molecule has 0 saturated carbocycles. The summed E-state index contributed by atoms with van der Waals surface area (Å²) < 4.78 is 0. The largest absolute Gasteiger partial charge is 0.336 e. The van der Waals surface area contributed by atoms with Crippen LogP contribution in [0.25, 0.3) is 10.8 Å². The molecule has 0 bridgehead atoms. The smallest absolute Gasteiger partial charge is 0.312 e. The Hall–Kier alpha value is -2.40. The van der Waals surface area contributed by atoms with Crippen LogP contribution in [0.1, 0.15) is 5.56 Å². The molecule has 5 nitrogen and oxygen atoms in total. The third-order valence-corrected chi connectivity index (χ3v) is 4.12. The van der Waals surface area contributed by atoms with Crippen molar-refractivity contribution in [1.29, 1.82) is 0 Å². The summed E-state index contributed by atoms with van der Waals surface area (Å²) in [5.74, 6) is -0.0239. The van der Waals surface area contributed by atoms with Gasteiger partial charge in [-0.05, 0) is 16.3 Å². The average molecular weight is 296 g/mol. The highest BCUT2D eigenvalue weighted by Crippen LogP contribution is 2.20. The summed E-state index contributed by atoms with van der Waals surface area (Å²) in [5, 5.41) is 5.29. The van der Waals surface area contributed by atoms with Crippen molar-refractivity contribution >= 4 is 22.6 Å². The van der Waals surface area contributed by atoms with E-state index in [-0.39, 0.29) is 12.2 Å². The zero-order chi connectivity index (χ0) is 15.5. The van der Waals surface area contributed by atoms with Crippen molar-refractivity contribution in [3.8, 4) is 0 Å². The number of carbonyl (C=O) groups is 2. The average Bonchev–Trinajstić information content (AvgIpc) is 2.55. The zero-order valence-electron chi connectivity index (χ0n) is 12.2. The van der Waals surface area contributed by atoms with E-state index < -0.39 is 12.1 Å². The molecule has 3 rings (SSSR count). The van der Waals surface area contributed by atoms with Crippen molar-refractivity contribution in [3.63, 3.8) is 0 Å². The van der Waals surface area contributed by atoms with Crippen molar-refractivity contribution in [1.82, 2.24) is 16.0 Å². The third kappa shape index (κ3) is 2.80. The van der Waals surface area contributed by atoms with E-state index in [2.05, 4.69) is 5.32 Å². The lowest BCUT2D eigenvalue weighted by atomic mass is 9.97. The van der Waals surface area contributed by atoms with Crippen molar-refractivity contribution in [2.24, 2.45) is 0 Å². The first-order valence-electron chi connectivity index (χ1n) is 7.39. The van der Waals surface area contributed by atoms with Gasteiger partial charge in [-0.15, -0.1) is 0 Å². The maximum atomic E-state index is 12.6. The second-order valence-corrected chi connectivity index (χ2v) is 5.50. The summed E-state index contributed by atoms with van der Waals surface area (Å²) in [7, 11) is 0. The van der Waals surface area contributed by atoms with E-state index in [9.17, 15) is 9.59 Å². The quantitative estimate of drug-likeness (QED) is 0.935. The highest BCUT2D eigenvalue weighted by molar-refractivity contribution is 5.94. The molecule has 1 heterocycles. The van der Waals surface area contributed by atoms with Crippen LogP contribution in [0.4, 0.5) is 4.79 Å². The first-order valence-corrected chi connectivity index (χ1v) is 7.39. The van der Waals surface area contributed by atoms with Crippen LogP contribution >= 0.6 is 0 Å². The van der Waals surface area contributed by atoms with Crippen LogP contribution < -0.4 is 11.1 Å². The monoisotopic (exact) mass is 296 g/mol. The number of carbonyl (C=O) groups excluding carboxylic acids is 2. The highest BCUT2D eigenvalue weighted by atomic mass is 16.2. The van der Waals surface area contributed by atoms with Crippen LogP contribution in [0.3, 0.4) is 0 Å². The Kier molecular flexibility index (Phi) is 4.06. The van der Waals surface area contributed by atoms with E-state index in [1.54, 1.807) is 0 Å². The molecule has 1 atom stereocenters. The fraction of sp³-hybridized carbons (Fsp3) is 0.294. The Morgan fingerprint density at radius 3 is 2.77 bits per heavy atom. The van der Waals surface area contributed by atoms with Gasteiger partial charge < -0.3 is 10.2 Å². The molecule has 1 unspecified atom stereocenters. The van der Waals surface area contributed by atoms with Crippen molar-refractivity contribution in [3.05, 3.63) is 48.0 Å². The number of urea groups is 1. The Morgan fingerprint density at radius 1 is 1.18 bits per heavy atom. The Morgan fingerprint density at radius 2 is 1.95 bits per heavy atom. The van der Waals surface area contributed by atoms with E-state index >= 15 is 0 Å². The minimum Gasteiger partial charge on any atom is -0.312 e. The normalized spacial score (nSPS) is 18.4. The first-order chi connectivity index (χ1) is 10.7. The molecule has 113 valence electrons. The van der Waals surface area contributed by atoms with Gasteiger partial charge in [-0.1, -0.05) is 42.5 Å². The van der Waals surface area contributed by atoms with Crippen LogP contribution in [0, 0.1) is 0 Å². The molecule has 0 spiro atoms. The molecule has 1 fully saturated rings. The van der Waals surface area contributed by atoms with Gasteiger partial charge in [-0.2, -0.15) is 0 Å². The highest BCUT2D eigenvalue weighted by Gasteiger charge is 2.31. The van der Waals surface area contributed by atoms with Gasteiger partial charge in [-0.25, -0.2) is 10.5 Å². The van der Waals surface area contributed by atoms with Crippen molar-refractivity contribution in [2.75, 3.05) is 19.6 Å². The molecule has 1 saturated heterocycles. The van der Waals surface area contributed by atoms with Crippen LogP contribution in [0.5, 0.6) is 0 Å². The fourth-order valence-corrected chi connectivity index (χ4v) is 2.99. The van der Waals surface area contributed by atoms with E-state index in [0.717, 1.165) is 16.3 Å². The summed E-state index contributed by atoms with van der Waals surface area (Å²) in [6.07, 6.45) is 0.275. The molecular weight excluding hydrogens is 278 g/mol. The van der Waals surface area contributed by atoms with Crippen molar-refractivity contribution < 1.29 is 9.59 Å². The molecule has 0 aliphatic carbocycles. The molecule has 2 aromatic rings. The second kappa shape index (κ2) is 6.15. The molecule has 2 amide bonds. The lowest BCUT2D eigenvalue weighted by Gasteiger charge is -2.33. The Bertz CT molecular complexity index is 709. The summed E-state index contributed by atoms with van der Waals surface area (Å²) >= 11 is 0. The molecule has 2 aromatic carbocycles. The lowest BCUT2D eigenvalue weighted by molar-refractivity contribution is -0.123. The van der Waals surface area contributed by atoms with Crippen molar-refractivity contribution in [2.45, 2.75) is 12.5 Å². The number of rotatable bonds is 3. The van der Waals surface area contributed by atoms with Gasteiger partial charge in [-0.3, -0.25) is 4.79 Å². The number of nitrogens with zero attached hydrogens (tertiary/aromatic N) is 1. The number of fused-ring (bicyclic) bond motifs is 1. The topological polar surface area (TPSA) is 73.2 Å². The Balaban J connectivity index is 1.85. The number of hydrogen-bond acceptors (Lipinski definition) is 3. The maximum absolute atomic E-state index is 12.6. The number of benzene rings is 2. The number of amides is 2. The lowest BCUT2D eigenvalue weighted by Crippen LogP contribution is -2.57. The van der Waals surface area contributed by atoms with Gasteiger partial charge in [0, 0.05) is 26.1 Å². The molecular formula is C17H18N3O2. The van der Waals surface area contributed by atoms with Gasteiger partial charge in [0.15, 0.2) is 5.78 Å². The molecule has 5 heteroatoms. The van der Waals surface area contributed by atoms with Gasteiger partial charge in [0.1, 0.15) is 6.04 Å². The summed E-state index contributed by atoms with van der Waals surface area (Å²) in [4.78, 5) is 25.4. The van der Waals surface area contributed by atoms with Gasteiger partial charge in [0.2, 0.25) is 0 Å². The summed E-state index contributed by atoms with van der Waals surface area (Å²) in [6.45, 7) is 1.46. The predicted molar refractivity (Wildman–Crippen MR) is 84.5 cm³/mol. The van der Waals surface area contributed by atoms with Gasteiger partial charge in [0.05, 0.1) is 0 Å². The minimum atomic E-state index is -0.780. The van der Waals surface area contributed by atoms with Crippen LogP contribution in [0.15, 0.2) is 42.5 Å². The number of ketones is 1. The Labute approximate surface area is 129 Å². The molecule has 1 aliphatic rings. The number of Topliss-reactive ketones (excluding diaryl/α,β-unsaturated/α-hetero) is 1. The fourth-order valence-electron chi connectivity index (χ4n) is 2.99. The third-order valence-electron chi connectivity index (χ3n) is 4.12. The zero-order valence-corrected chi connectivity index (χ0v) is 12.2. The summed E-state index contributed by atoms with van der Waals surface area (Å²) in [5.41, 5.74) is 8.28. The van der Waals surface area contributed by atoms with Crippen LogP contribution in [0.2, 0.25) is 0 Å². The van der Waals surface area contributed by atoms with Gasteiger partial charge >= 0.3 is 6.03 Å². The molecule has 1 radical (unpaired) electrons. The molecule has 22 heavy (non-hydrogen) atoms. The van der Waals surface area contributed by atoms with Crippen LogP contribution in [-0.4, -0.2) is 42.4 Å². The number of piperazine rings is 1. The van der Waals surface area contributed by atoms with E-state index in [1.807, 2.05) is 42.5 Å². The summed E-state index contributed by atoms with van der Waals surface area (Å²) in [6, 6.07) is 12.5. The van der Waals surface area contributed by atoms with E-state index in [1.165, 1.54) is 4.90 Å².